The second-order valence-electron chi connectivity index (χ2n) is 5.91. The van der Waals surface area contributed by atoms with E-state index in [0.717, 1.165) is 11.1 Å². The number of nitrogens with one attached hydrogen (secondary N) is 1. The first-order valence-corrected chi connectivity index (χ1v) is 8.23. The van der Waals surface area contributed by atoms with Crippen LogP contribution in [0.1, 0.15) is 35.3 Å². The van der Waals surface area contributed by atoms with Crippen molar-refractivity contribution in [2.45, 2.75) is 26.9 Å². The Labute approximate surface area is 152 Å². The summed E-state index contributed by atoms with van der Waals surface area (Å²) in [6.45, 7) is 4.87. The SMILES string of the molecule is CC(=O)c1ccccc1NC(=O)C(C)OC(=O)/C=C/c1ccc(C)cc1. The Hall–Kier alpha value is -3.21. The van der Waals surface area contributed by atoms with Crippen molar-refractivity contribution in [3.63, 3.8) is 0 Å². The molecule has 2 aromatic carbocycles. The fourth-order valence-electron chi connectivity index (χ4n) is 2.24. The molecule has 0 aliphatic heterocycles. The van der Waals surface area contributed by atoms with E-state index in [4.69, 9.17) is 4.74 Å². The molecular weight excluding hydrogens is 330 g/mol. The highest BCUT2D eigenvalue weighted by molar-refractivity contribution is 6.05. The summed E-state index contributed by atoms with van der Waals surface area (Å²) < 4.78 is 5.11. The van der Waals surface area contributed by atoms with Gasteiger partial charge in [0.25, 0.3) is 5.91 Å². The van der Waals surface area contributed by atoms with Gasteiger partial charge in [0.2, 0.25) is 0 Å². The number of esters is 1. The van der Waals surface area contributed by atoms with Gasteiger partial charge in [0.05, 0.1) is 5.69 Å². The van der Waals surface area contributed by atoms with Crippen molar-refractivity contribution in [2.75, 3.05) is 5.32 Å². The number of amides is 1. The van der Waals surface area contributed by atoms with E-state index in [2.05, 4.69) is 5.32 Å². The summed E-state index contributed by atoms with van der Waals surface area (Å²) in [6, 6.07) is 14.3. The largest absolute Gasteiger partial charge is 0.449 e. The van der Waals surface area contributed by atoms with Gasteiger partial charge < -0.3 is 10.1 Å². The first-order valence-electron chi connectivity index (χ1n) is 8.23. The van der Waals surface area contributed by atoms with Crippen molar-refractivity contribution < 1.29 is 19.1 Å². The summed E-state index contributed by atoms with van der Waals surface area (Å²) in [7, 11) is 0. The smallest absolute Gasteiger partial charge is 0.331 e. The number of carbonyl (C=O) groups excluding carboxylic acids is 3. The van der Waals surface area contributed by atoms with Crippen LogP contribution in [0.3, 0.4) is 0 Å². The molecule has 0 saturated heterocycles. The minimum Gasteiger partial charge on any atom is -0.449 e. The lowest BCUT2D eigenvalue weighted by Crippen LogP contribution is -2.30. The summed E-state index contributed by atoms with van der Waals surface area (Å²) in [5.41, 5.74) is 2.78. The summed E-state index contributed by atoms with van der Waals surface area (Å²) in [5.74, 6) is -1.28. The number of aryl methyl sites for hydroxylation is 1. The maximum atomic E-state index is 12.2. The Bertz CT molecular complexity index is 837. The molecule has 5 nitrogen and oxygen atoms in total. The van der Waals surface area contributed by atoms with E-state index < -0.39 is 18.0 Å². The molecule has 0 aliphatic carbocycles. The number of rotatable bonds is 6. The van der Waals surface area contributed by atoms with E-state index in [9.17, 15) is 14.4 Å². The number of ether oxygens (including phenoxy) is 1. The molecule has 26 heavy (non-hydrogen) atoms. The van der Waals surface area contributed by atoms with Crippen LogP contribution in [0.5, 0.6) is 0 Å². The van der Waals surface area contributed by atoms with Crippen LogP contribution >= 0.6 is 0 Å². The van der Waals surface area contributed by atoms with Gasteiger partial charge in [0, 0.05) is 11.6 Å². The molecule has 0 bridgehead atoms. The van der Waals surface area contributed by atoms with Crippen LogP contribution < -0.4 is 5.32 Å². The lowest BCUT2D eigenvalue weighted by Gasteiger charge is -2.14. The number of para-hydroxylation sites is 1. The van der Waals surface area contributed by atoms with Gasteiger partial charge in [-0.05, 0) is 44.5 Å². The molecule has 0 aliphatic rings. The molecule has 1 atom stereocenters. The van der Waals surface area contributed by atoms with Gasteiger partial charge in [0.15, 0.2) is 11.9 Å². The van der Waals surface area contributed by atoms with Gasteiger partial charge in [-0.3, -0.25) is 9.59 Å². The number of carbonyl (C=O) groups is 3. The van der Waals surface area contributed by atoms with Crippen LogP contribution in [0, 0.1) is 6.92 Å². The molecule has 0 spiro atoms. The van der Waals surface area contributed by atoms with E-state index in [0.29, 0.717) is 11.3 Å². The minimum atomic E-state index is -0.995. The van der Waals surface area contributed by atoms with Gasteiger partial charge in [-0.1, -0.05) is 42.0 Å². The molecule has 5 heteroatoms. The molecular formula is C21H21NO4. The zero-order valence-electron chi connectivity index (χ0n) is 15.0. The van der Waals surface area contributed by atoms with Gasteiger partial charge in [-0.25, -0.2) is 4.79 Å². The van der Waals surface area contributed by atoms with Gasteiger partial charge in [0.1, 0.15) is 0 Å². The first-order chi connectivity index (χ1) is 12.4. The third-order valence-electron chi connectivity index (χ3n) is 3.72. The molecule has 0 fully saturated rings. The normalized spacial score (nSPS) is 11.8. The lowest BCUT2D eigenvalue weighted by molar-refractivity contribution is -0.148. The Morgan fingerprint density at radius 2 is 1.69 bits per heavy atom. The van der Waals surface area contributed by atoms with E-state index in [1.165, 1.54) is 19.9 Å². The summed E-state index contributed by atoms with van der Waals surface area (Å²) in [5, 5.41) is 2.62. The molecule has 1 N–H and O–H groups in total. The fourth-order valence-corrected chi connectivity index (χ4v) is 2.24. The predicted molar refractivity (Wildman–Crippen MR) is 101 cm³/mol. The molecule has 2 rings (SSSR count). The second kappa shape index (κ2) is 8.76. The van der Waals surface area contributed by atoms with Crippen LogP contribution in [-0.4, -0.2) is 23.8 Å². The van der Waals surface area contributed by atoms with Gasteiger partial charge >= 0.3 is 5.97 Å². The number of hydrogen-bond acceptors (Lipinski definition) is 4. The molecule has 0 aromatic heterocycles. The number of Topliss-reactive ketones (excluding diaryl/α,β-unsaturated/α-hetero) is 1. The average Bonchev–Trinajstić information content (AvgIpc) is 2.61. The van der Waals surface area contributed by atoms with Crippen LogP contribution in [0.15, 0.2) is 54.6 Å². The van der Waals surface area contributed by atoms with Crippen molar-refractivity contribution in [1.29, 1.82) is 0 Å². The second-order valence-corrected chi connectivity index (χ2v) is 5.91. The molecule has 0 heterocycles. The minimum absolute atomic E-state index is 0.161. The average molecular weight is 351 g/mol. The van der Waals surface area contributed by atoms with Crippen molar-refractivity contribution in [2.24, 2.45) is 0 Å². The van der Waals surface area contributed by atoms with E-state index in [-0.39, 0.29) is 5.78 Å². The van der Waals surface area contributed by atoms with Crippen molar-refractivity contribution in [3.05, 3.63) is 71.3 Å². The van der Waals surface area contributed by atoms with Crippen molar-refractivity contribution >= 4 is 29.4 Å². The summed E-state index contributed by atoms with van der Waals surface area (Å²) in [4.78, 5) is 35.7. The standard InChI is InChI=1S/C21H21NO4/c1-14-8-10-17(11-9-14)12-13-20(24)26-16(3)21(25)22-19-7-5-4-6-18(19)15(2)23/h4-13,16H,1-3H3,(H,22,25)/b13-12+. The number of benzene rings is 2. The summed E-state index contributed by atoms with van der Waals surface area (Å²) >= 11 is 0. The van der Waals surface area contributed by atoms with Crippen LogP contribution in [0.2, 0.25) is 0 Å². The molecule has 1 amide bonds. The van der Waals surface area contributed by atoms with Crippen LogP contribution in [0.25, 0.3) is 6.08 Å². The molecule has 134 valence electrons. The van der Waals surface area contributed by atoms with Gasteiger partial charge in [-0.15, -0.1) is 0 Å². The fraction of sp³-hybridized carbons (Fsp3) is 0.190. The van der Waals surface area contributed by atoms with Crippen LogP contribution in [-0.2, 0) is 14.3 Å². The zero-order chi connectivity index (χ0) is 19.1. The highest BCUT2D eigenvalue weighted by Crippen LogP contribution is 2.16. The Kier molecular flexibility index (Phi) is 6.44. The maximum absolute atomic E-state index is 12.2. The predicted octanol–water partition coefficient (Wildman–Crippen LogP) is 3.78. The number of hydrogen-bond donors (Lipinski definition) is 1. The molecule has 1 unspecified atom stereocenters. The van der Waals surface area contributed by atoms with E-state index in [1.807, 2.05) is 31.2 Å². The third kappa shape index (κ3) is 5.41. The zero-order valence-corrected chi connectivity index (χ0v) is 15.0. The highest BCUT2D eigenvalue weighted by Gasteiger charge is 2.18. The highest BCUT2D eigenvalue weighted by atomic mass is 16.5. The summed E-state index contributed by atoms with van der Waals surface area (Å²) in [6.07, 6.45) is 1.90. The maximum Gasteiger partial charge on any atom is 0.331 e. The van der Waals surface area contributed by atoms with Crippen LogP contribution in [0.4, 0.5) is 5.69 Å². The Morgan fingerprint density at radius 3 is 2.35 bits per heavy atom. The van der Waals surface area contributed by atoms with E-state index in [1.54, 1.807) is 30.3 Å². The molecule has 0 saturated carbocycles. The lowest BCUT2D eigenvalue weighted by atomic mass is 10.1. The third-order valence-corrected chi connectivity index (χ3v) is 3.72. The van der Waals surface area contributed by atoms with E-state index >= 15 is 0 Å². The quantitative estimate of drug-likeness (QED) is 0.488. The van der Waals surface area contributed by atoms with Gasteiger partial charge in [-0.2, -0.15) is 0 Å². The monoisotopic (exact) mass is 351 g/mol. The molecule has 2 aromatic rings. The van der Waals surface area contributed by atoms with Crippen molar-refractivity contribution in [1.82, 2.24) is 0 Å². The number of anilines is 1. The Morgan fingerprint density at radius 1 is 1.04 bits per heavy atom. The topological polar surface area (TPSA) is 72.5 Å². The Balaban J connectivity index is 1.95. The molecule has 0 radical (unpaired) electrons. The first kappa shape index (κ1) is 19.1. The van der Waals surface area contributed by atoms with Crippen molar-refractivity contribution in [3.8, 4) is 0 Å². The number of ketones is 1.